The van der Waals surface area contributed by atoms with Crippen molar-refractivity contribution in [1.29, 1.82) is 0 Å². The number of rotatable bonds is 3. The van der Waals surface area contributed by atoms with Gasteiger partial charge in [0.1, 0.15) is 11.5 Å². The van der Waals surface area contributed by atoms with Gasteiger partial charge in [-0.05, 0) is 11.6 Å². The van der Waals surface area contributed by atoms with Crippen LogP contribution in [0.2, 0.25) is 5.02 Å². The van der Waals surface area contributed by atoms with Crippen LogP contribution in [0, 0.1) is 5.82 Å². The molecule has 2 aromatic rings. The normalized spacial score (nSPS) is 10.4. The zero-order valence-electron chi connectivity index (χ0n) is 8.11. The van der Waals surface area contributed by atoms with E-state index in [0.29, 0.717) is 11.3 Å². The number of hydrogen-bond donors (Lipinski definition) is 0. The Morgan fingerprint density at radius 1 is 1.50 bits per heavy atom. The lowest BCUT2D eigenvalue weighted by Gasteiger charge is -2.02. The fraction of sp³-hybridized carbons (Fsp3) is 0.0909. The quantitative estimate of drug-likeness (QED) is 0.787. The van der Waals surface area contributed by atoms with Crippen molar-refractivity contribution in [1.82, 2.24) is 4.98 Å². The molecule has 0 amide bonds. The van der Waals surface area contributed by atoms with E-state index in [1.54, 1.807) is 17.0 Å². The van der Waals surface area contributed by atoms with E-state index in [1.165, 1.54) is 23.5 Å². The van der Waals surface area contributed by atoms with Gasteiger partial charge in [0, 0.05) is 11.8 Å². The van der Waals surface area contributed by atoms with Gasteiger partial charge in [0.25, 0.3) is 0 Å². The minimum absolute atomic E-state index is 0.00563. The third-order valence-corrected chi connectivity index (χ3v) is 3.11. The Bertz CT molecular complexity index is 513. The molecule has 0 bridgehead atoms. The van der Waals surface area contributed by atoms with E-state index >= 15 is 0 Å². The Balaban J connectivity index is 2.22. The highest BCUT2D eigenvalue weighted by Crippen LogP contribution is 2.21. The molecular formula is C11H7ClFNOS. The second-order valence-corrected chi connectivity index (χ2v) is 4.28. The SMILES string of the molecule is O=C(Cc1cccc(F)c1Cl)c1cscn1. The third kappa shape index (κ3) is 2.28. The van der Waals surface area contributed by atoms with Gasteiger partial charge in [-0.25, -0.2) is 9.37 Å². The number of nitrogens with zero attached hydrogens (tertiary/aromatic N) is 1. The molecule has 0 atom stereocenters. The lowest BCUT2D eigenvalue weighted by molar-refractivity contribution is 0.0989. The predicted molar refractivity (Wildman–Crippen MR) is 61.6 cm³/mol. The Labute approximate surface area is 101 Å². The summed E-state index contributed by atoms with van der Waals surface area (Å²) in [5.41, 5.74) is 2.46. The minimum Gasteiger partial charge on any atom is -0.292 e. The summed E-state index contributed by atoms with van der Waals surface area (Å²) in [5.74, 6) is -0.668. The van der Waals surface area contributed by atoms with Crippen molar-refractivity contribution in [2.75, 3.05) is 0 Å². The summed E-state index contributed by atoms with van der Waals surface area (Å²) >= 11 is 7.10. The van der Waals surface area contributed by atoms with E-state index in [2.05, 4.69) is 4.98 Å². The number of hydrogen-bond acceptors (Lipinski definition) is 3. The fourth-order valence-corrected chi connectivity index (χ4v) is 2.05. The molecule has 16 heavy (non-hydrogen) atoms. The molecule has 82 valence electrons. The smallest absolute Gasteiger partial charge is 0.186 e. The van der Waals surface area contributed by atoms with Crippen molar-refractivity contribution < 1.29 is 9.18 Å². The first-order chi connectivity index (χ1) is 7.68. The molecule has 0 aliphatic rings. The van der Waals surface area contributed by atoms with Gasteiger partial charge in [-0.15, -0.1) is 11.3 Å². The molecule has 1 heterocycles. The van der Waals surface area contributed by atoms with Crippen LogP contribution in [0.15, 0.2) is 29.1 Å². The van der Waals surface area contributed by atoms with Crippen molar-refractivity contribution in [3.8, 4) is 0 Å². The van der Waals surface area contributed by atoms with Crippen molar-refractivity contribution in [3.05, 3.63) is 51.2 Å². The molecule has 5 heteroatoms. The van der Waals surface area contributed by atoms with Crippen molar-refractivity contribution in [3.63, 3.8) is 0 Å². The van der Waals surface area contributed by atoms with Gasteiger partial charge in [-0.1, -0.05) is 23.7 Å². The van der Waals surface area contributed by atoms with Crippen LogP contribution in [-0.4, -0.2) is 10.8 Å². The summed E-state index contributed by atoms with van der Waals surface area (Å²) in [6, 6.07) is 4.43. The molecule has 0 unspecified atom stereocenters. The highest BCUT2D eigenvalue weighted by molar-refractivity contribution is 7.07. The monoisotopic (exact) mass is 255 g/mol. The number of Topliss-reactive ketones (excluding diaryl/α,β-unsaturated/α-hetero) is 1. The molecular weight excluding hydrogens is 249 g/mol. The zero-order chi connectivity index (χ0) is 11.5. The molecule has 0 N–H and O–H groups in total. The van der Waals surface area contributed by atoms with Crippen LogP contribution in [0.4, 0.5) is 4.39 Å². The molecule has 1 aromatic heterocycles. The molecule has 0 fully saturated rings. The topological polar surface area (TPSA) is 30.0 Å². The number of halogens is 2. The Kier molecular flexibility index (Phi) is 3.31. The van der Waals surface area contributed by atoms with E-state index < -0.39 is 5.82 Å². The number of carbonyl (C=O) groups is 1. The second kappa shape index (κ2) is 4.72. The lowest BCUT2D eigenvalue weighted by Crippen LogP contribution is -2.04. The van der Waals surface area contributed by atoms with Gasteiger partial charge in [0.15, 0.2) is 5.78 Å². The first-order valence-electron chi connectivity index (χ1n) is 4.53. The van der Waals surface area contributed by atoms with Gasteiger partial charge < -0.3 is 0 Å². The molecule has 0 spiro atoms. The Morgan fingerprint density at radius 3 is 3.00 bits per heavy atom. The van der Waals surface area contributed by atoms with Crippen LogP contribution in [0.3, 0.4) is 0 Å². The fourth-order valence-electron chi connectivity index (χ4n) is 1.30. The zero-order valence-corrected chi connectivity index (χ0v) is 9.69. The number of benzene rings is 1. The lowest BCUT2D eigenvalue weighted by atomic mass is 10.1. The molecule has 1 aromatic carbocycles. The summed E-state index contributed by atoms with van der Waals surface area (Å²) in [6.45, 7) is 0. The number of ketones is 1. The van der Waals surface area contributed by atoms with E-state index in [0.717, 1.165) is 0 Å². The van der Waals surface area contributed by atoms with Crippen LogP contribution >= 0.6 is 22.9 Å². The van der Waals surface area contributed by atoms with Gasteiger partial charge in [-0.3, -0.25) is 4.79 Å². The maximum atomic E-state index is 13.1. The number of thiazole rings is 1. The van der Waals surface area contributed by atoms with E-state index in [9.17, 15) is 9.18 Å². The predicted octanol–water partition coefficient (Wildman–Crippen LogP) is 3.36. The van der Waals surface area contributed by atoms with Crippen LogP contribution < -0.4 is 0 Å². The number of carbonyl (C=O) groups excluding carboxylic acids is 1. The maximum Gasteiger partial charge on any atom is 0.186 e. The average Bonchev–Trinajstić information content (AvgIpc) is 2.78. The summed E-state index contributed by atoms with van der Waals surface area (Å²) in [5, 5.41) is 1.67. The summed E-state index contributed by atoms with van der Waals surface area (Å²) < 4.78 is 13.1. The Hall–Kier alpha value is -1.26. The van der Waals surface area contributed by atoms with E-state index in [4.69, 9.17) is 11.6 Å². The summed E-state index contributed by atoms with van der Waals surface area (Å²) in [7, 11) is 0. The molecule has 0 saturated carbocycles. The average molecular weight is 256 g/mol. The van der Waals surface area contributed by atoms with Crippen molar-refractivity contribution in [2.45, 2.75) is 6.42 Å². The minimum atomic E-state index is -0.509. The van der Waals surface area contributed by atoms with Gasteiger partial charge in [0.05, 0.1) is 10.5 Å². The highest BCUT2D eigenvalue weighted by Gasteiger charge is 2.12. The number of aromatic nitrogens is 1. The standard InChI is InChI=1S/C11H7ClFNOS/c12-11-7(2-1-3-8(11)13)4-10(15)9-5-16-6-14-9/h1-3,5-6H,4H2. The van der Waals surface area contributed by atoms with Crippen molar-refractivity contribution in [2.24, 2.45) is 0 Å². The maximum absolute atomic E-state index is 13.1. The first-order valence-corrected chi connectivity index (χ1v) is 5.85. The van der Waals surface area contributed by atoms with Gasteiger partial charge in [-0.2, -0.15) is 0 Å². The molecule has 0 radical (unpaired) electrons. The van der Waals surface area contributed by atoms with Crippen LogP contribution in [-0.2, 0) is 6.42 Å². The molecule has 0 aliphatic carbocycles. The van der Waals surface area contributed by atoms with Crippen LogP contribution in [0.25, 0.3) is 0 Å². The third-order valence-electron chi connectivity index (χ3n) is 2.10. The highest BCUT2D eigenvalue weighted by atomic mass is 35.5. The Morgan fingerprint density at radius 2 is 2.31 bits per heavy atom. The molecule has 0 aliphatic heterocycles. The van der Waals surface area contributed by atoms with Gasteiger partial charge >= 0.3 is 0 Å². The van der Waals surface area contributed by atoms with Crippen molar-refractivity contribution >= 4 is 28.7 Å². The summed E-state index contributed by atoms with van der Waals surface area (Å²) in [6.07, 6.45) is 0.0698. The van der Waals surface area contributed by atoms with E-state index in [-0.39, 0.29) is 17.2 Å². The van der Waals surface area contributed by atoms with Crippen LogP contribution in [0.1, 0.15) is 16.1 Å². The summed E-state index contributed by atoms with van der Waals surface area (Å²) in [4.78, 5) is 15.6. The molecule has 2 nitrogen and oxygen atoms in total. The largest absolute Gasteiger partial charge is 0.292 e. The van der Waals surface area contributed by atoms with Crippen LogP contribution in [0.5, 0.6) is 0 Å². The first kappa shape index (κ1) is 11.2. The molecule has 0 saturated heterocycles. The second-order valence-electron chi connectivity index (χ2n) is 3.19. The van der Waals surface area contributed by atoms with Gasteiger partial charge in [0.2, 0.25) is 0 Å². The van der Waals surface area contributed by atoms with E-state index in [1.807, 2.05) is 0 Å². The molecule has 2 rings (SSSR count).